The van der Waals surface area contributed by atoms with E-state index in [1.807, 2.05) is 36.9 Å². The number of thioether (sulfide) groups is 1. The van der Waals surface area contributed by atoms with Crippen LogP contribution in [0.3, 0.4) is 0 Å². The van der Waals surface area contributed by atoms with Crippen molar-refractivity contribution in [1.29, 1.82) is 0 Å². The minimum Gasteiger partial charge on any atom is -0.313 e. The fourth-order valence-electron chi connectivity index (χ4n) is 3.33. The Morgan fingerprint density at radius 3 is 2.84 bits per heavy atom. The first-order valence-electron chi connectivity index (χ1n) is 9.19. The van der Waals surface area contributed by atoms with E-state index in [0.29, 0.717) is 16.8 Å². The summed E-state index contributed by atoms with van der Waals surface area (Å²) in [7, 11) is 0. The molecular weight excluding hydrogens is 330 g/mol. The van der Waals surface area contributed by atoms with E-state index in [0.717, 1.165) is 40.9 Å². The molecule has 1 aliphatic rings. The van der Waals surface area contributed by atoms with Gasteiger partial charge in [-0.05, 0) is 42.1 Å². The van der Waals surface area contributed by atoms with Gasteiger partial charge in [0.25, 0.3) is 5.56 Å². The fraction of sp³-hybridized carbons (Fsp3) is 0.600. The molecule has 136 valence electrons. The third-order valence-electron chi connectivity index (χ3n) is 5.50. The van der Waals surface area contributed by atoms with Crippen molar-refractivity contribution in [3.63, 3.8) is 0 Å². The molecule has 2 unspecified atom stereocenters. The average molecular weight is 360 g/mol. The molecule has 2 atom stereocenters. The summed E-state index contributed by atoms with van der Waals surface area (Å²) in [6.07, 6.45) is 2.45. The lowest BCUT2D eigenvalue weighted by Crippen LogP contribution is -2.55. The Morgan fingerprint density at radius 2 is 2.16 bits per heavy atom. The minimum atomic E-state index is -0.0304. The molecule has 1 aromatic heterocycles. The summed E-state index contributed by atoms with van der Waals surface area (Å²) in [6, 6.07) is 6.38. The Labute approximate surface area is 154 Å². The topological polar surface area (TPSA) is 57.8 Å². The standard InChI is InChI=1S/C20H29N3OS/c1-5-20(3,4)9-16-14(10-21-16)11-25-12-17-22-18-13(2)7-6-8-15(18)19(24)23-17/h6-8,14,16,21H,5,9-12H2,1-4H3,(H,22,23,24). The van der Waals surface area contributed by atoms with Crippen molar-refractivity contribution in [2.75, 3.05) is 12.3 Å². The number of nitrogens with zero attached hydrogens (tertiary/aromatic N) is 1. The van der Waals surface area contributed by atoms with Crippen molar-refractivity contribution in [2.24, 2.45) is 11.3 Å². The van der Waals surface area contributed by atoms with Crippen molar-refractivity contribution < 1.29 is 0 Å². The normalized spacial score (nSPS) is 20.6. The summed E-state index contributed by atoms with van der Waals surface area (Å²) in [5, 5.41) is 4.27. The highest BCUT2D eigenvalue weighted by Crippen LogP contribution is 2.33. The van der Waals surface area contributed by atoms with Gasteiger partial charge in [-0.15, -0.1) is 0 Å². The van der Waals surface area contributed by atoms with Crippen molar-refractivity contribution >= 4 is 22.7 Å². The molecule has 2 heterocycles. The summed E-state index contributed by atoms with van der Waals surface area (Å²) < 4.78 is 0. The second kappa shape index (κ2) is 7.50. The van der Waals surface area contributed by atoms with Crippen LogP contribution in [-0.4, -0.2) is 28.3 Å². The number of rotatable bonds is 7. The number of benzene rings is 1. The molecule has 1 saturated heterocycles. The molecule has 0 saturated carbocycles. The summed E-state index contributed by atoms with van der Waals surface area (Å²) in [6.45, 7) is 10.1. The summed E-state index contributed by atoms with van der Waals surface area (Å²) >= 11 is 1.88. The first-order valence-corrected chi connectivity index (χ1v) is 10.3. The van der Waals surface area contributed by atoms with Gasteiger partial charge in [-0.1, -0.05) is 39.3 Å². The number of H-pyrrole nitrogens is 1. The summed E-state index contributed by atoms with van der Waals surface area (Å²) in [4.78, 5) is 19.9. The monoisotopic (exact) mass is 359 g/mol. The van der Waals surface area contributed by atoms with Gasteiger partial charge in [-0.2, -0.15) is 11.8 Å². The molecule has 1 aliphatic heterocycles. The number of aryl methyl sites for hydroxylation is 1. The van der Waals surface area contributed by atoms with Crippen molar-refractivity contribution in [3.8, 4) is 0 Å². The average Bonchev–Trinajstić information content (AvgIpc) is 2.57. The predicted octanol–water partition coefficient (Wildman–Crippen LogP) is 3.88. The van der Waals surface area contributed by atoms with Crippen LogP contribution in [0.15, 0.2) is 23.0 Å². The molecule has 0 amide bonds. The maximum Gasteiger partial charge on any atom is 0.258 e. The highest BCUT2D eigenvalue weighted by atomic mass is 32.2. The van der Waals surface area contributed by atoms with Gasteiger partial charge in [0.15, 0.2) is 0 Å². The van der Waals surface area contributed by atoms with E-state index < -0.39 is 0 Å². The van der Waals surface area contributed by atoms with Crippen LogP contribution < -0.4 is 10.9 Å². The van der Waals surface area contributed by atoms with E-state index >= 15 is 0 Å². The number of hydrogen-bond donors (Lipinski definition) is 2. The highest BCUT2D eigenvalue weighted by Gasteiger charge is 2.34. The maximum atomic E-state index is 12.2. The molecule has 0 bridgehead atoms. The van der Waals surface area contributed by atoms with Crippen LogP contribution in [0.2, 0.25) is 0 Å². The molecule has 0 aliphatic carbocycles. The Kier molecular flexibility index (Phi) is 5.54. The quantitative estimate of drug-likeness (QED) is 0.788. The van der Waals surface area contributed by atoms with Gasteiger partial charge in [0.05, 0.1) is 16.7 Å². The number of nitrogens with one attached hydrogen (secondary N) is 2. The first-order chi connectivity index (χ1) is 11.9. The van der Waals surface area contributed by atoms with E-state index in [1.165, 1.54) is 12.8 Å². The zero-order valence-electron chi connectivity index (χ0n) is 15.7. The van der Waals surface area contributed by atoms with Gasteiger partial charge in [0.2, 0.25) is 0 Å². The maximum absolute atomic E-state index is 12.2. The summed E-state index contributed by atoms with van der Waals surface area (Å²) in [5.74, 6) is 3.40. The fourth-order valence-corrected chi connectivity index (χ4v) is 4.43. The van der Waals surface area contributed by atoms with E-state index in [4.69, 9.17) is 0 Å². The van der Waals surface area contributed by atoms with Crippen molar-refractivity contribution in [2.45, 2.75) is 52.3 Å². The van der Waals surface area contributed by atoms with Crippen LogP contribution >= 0.6 is 11.8 Å². The Balaban J connectivity index is 1.59. The lowest BCUT2D eigenvalue weighted by atomic mass is 9.77. The molecule has 0 spiro atoms. The van der Waals surface area contributed by atoms with Crippen LogP contribution in [0, 0.1) is 18.3 Å². The van der Waals surface area contributed by atoms with Crippen LogP contribution in [0.1, 0.15) is 45.0 Å². The number of hydrogen-bond acceptors (Lipinski definition) is 4. The largest absolute Gasteiger partial charge is 0.313 e. The number of aromatic amines is 1. The highest BCUT2D eigenvalue weighted by molar-refractivity contribution is 7.98. The number of aromatic nitrogens is 2. The second-order valence-corrected chi connectivity index (χ2v) is 9.03. The zero-order chi connectivity index (χ0) is 18.0. The van der Waals surface area contributed by atoms with E-state index in [-0.39, 0.29) is 5.56 Å². The van der Waals surface area contributed by atoms with Crippen molar-refractivity contribution in [3.05, 3.63) is 39.9 Å². The van der Waals surface area contributed by atoms with Crippen LogP contribution in [0.4, 0.5) is 0 Å². The third-order valence-corrected chi connectivity index (χ3v) is 6.64. The molecule has 2 N–H and O–H groups in total. The SMILES string of the molecule is CCC(C)(C)CC1NCC1CSCc1nc2c(C)cccc2c(=O)[nH]1. The first kappa shape index (κ1) is 18.5. The number of fused-ring (bicyclic) bond motifs is 1. The molecule has 1 aromatic carbocycles. The van der Waals surface area contributed by atoms with Gasteiger partial charge >= 0.3 is 0 Å². The minimum absolute atomic E-state index is 0.0304. The lowest BCUT2D eigenvalue weighted by molar-refractivity contribution is 0.169. The molecule has 2 aromatic rings. The van der Waals surface area contributed by atoms with E-state index in [1.54, 1.807) is 0 Å². The van der Waals surface area contributed by atoms with Crippen LogP contribution in [0.5, 0.6) is 0 Å². The van der Waals surface area contributed by atoms with Gasteiger partial charge in [0.1, 0.15) is 5.82 Å². The Morgan fingerprint density at radius 1 is 1.36 bits per heavy atom. The van der Waals surface area contributed by atoms with Gasteiger partial charge in [0, 0.05) is 12.6 Å². The molecule has 25 heavy (non-hydrogen) atoms. The zero-order valence-corrected chi connectivity index (χ0v) is 16.5. The van der Waals surface area contributed by atoms with Gasteiger partial charge in [-0.3, -0.25) is 4.79 Å². The van der Waals surface area contributed by atoms with Crippen LogP contribution in [0.25, 0.3) is 10.9 Å². The van der Waals surface area contributed by atoms with Gasteiger partial charge < -0.3 is 10.3 Å². The lowest BCUT2D eigenvalue weighted by Gasteiger charge is -2.42. The molecule has 1 fully saturated rings. The number of para-hydroxylation sites is 1. The van der Waals surface area contributed by atoms with Gasteiger partial charge in [-0.25, -0.2) is 4.98 Å². The van der Waals surface area contributed by atoms with E-state index in [9.17, 15) is 4.79 Å². The molecule has 3 rings (SSSR count). The van der Waals surface area contributed by atoms with Crippen LogP contribution in [-0.2, 0) is 5.75 Å². The molecule has 4 nitrogen and oxygen atoms in total. The van der Waals surface area contributed by atoms with E-state index in [2.05, 4.69) is 36.1 Å². The summed E-state index contributed by atoms with van der Waals surface area (Å²) in [5.41, 5.74) is 2.26. The smallest absolute Gasteiger partial charge is 0.258 e. The third kappa shape index (κ3) is 4.26. The molecule has 0 radical (unpaired) electrons. The molecule has 5 heteroatoms. The Hall–Kier alpha value is -1.33. The Bertz CT molecular complexity index is 799. The second-order valence-electron chi connectivity index (χ2n) is 8.00. The predicted molar refractivity (Wildman–Crippen MR) is 107 cm³/mol. The molecular formula is C20H29N3OS. The van der Waals surface area contributed by atoms with Crippen molar-refractivity contribution in [1.82, 2.24) is 15.3 Å².